The molecule has 4 heterocycles. The number of hydrogen-bond donors (Lipinski definition) is 0. The van der Waals surface area contributed by atoms with Crippen molar-refractivity contribution >= 4 is 81.7 Å². The highest BCUT2D eigenvalue weighted by Crippen LogP contribution is 2.52. The van der Waals surface area contributed by atoms with Gasteiger partial charge in [-0.15, -0.1) is 0 Å². The summed E-state index contributed by atoms with van der Waals surface area (Å²) < 4.78 is 4.93. The van der Waals surface area contributed by atoms with Crippen molar-refractivity contribution in [2.24, 2.45) is 0 Å². The van der Waals surface area contributed by atoms with Crippen LogP contribution in [-0.2, 0) is 5.41 Å². The van der Waals surface area contributed by atoms with Crippen molar-refractivity contribution in [3.63, 3.8) is 0 Å². The van der Waals surface area contributed by atoms with Gasteiger partial charge < -0.3 is 4.40 Å². The van der Waals surface area contributed by atoms with Crippen LogP contribution in [0, 0.1) is 0 Å². The molecule has 13 rings (SSSR count). The minimum atomic E-state index is -0.107. The average molecular weight is 701 g/mol. The largest absolute Gasteiger partial charge is 0.308 e. The van der Waals surface area contributed by atoms with Gasteiger partial charge in [0.1, 0.15) is 5.69 Å². The van der Waals surface area contributed by atoms with Gasteiger partial charge in [-0.3, -0.25) is 4.57 Å². The Morgan fingerprint density at radius 1 is 0.473 bits per heavy atom. The molecule has 0 spiro atoms. The molecule has 256 valence electrons. The third-order valence-electron chi connectivity index (χ3n) is 12.6. The van der Waals surface area contributed by atoms with E-state index < -0.39 is 0 Å². The molecular formula is C51H32N4. The predicted molar refractivity (Wildman–Crippen MR) is 229 cm³/mol. The van der Waals surface area contributed by atoms with Gasteiger partial charge in [-0.25, -0.2) is 9.97 Å². The fourth-order valence-electron chi connectivity index (χ4n) is 10.2. The first kappa shape index (κ1) is 29.4. The second-order valence-corrected chi connectivity index (χ2v) is 15.7. The van der Waals surface area contributed by atoms with Gasteiger partial charge in [-0.05, 0) is 69.4 Å². The third kappa shape index (κ3) is 3.62. The highest BCUT2D eigenvalue weighted by molar-refractivity contribution is 6.31. The molecule has 0 atom stereocenters. The molecule has 12 aromatic rings. The third-order valence-corrected chi connectivity index (χ3v) is 12.6. The molecule has 0 bridgehead atoms. The van der Waals surface area contributed by atoms with Crippen molar-refractivity contribution < 1.29 is 0 Å². The molecule has 8 aromatic carbocycles. The second-order valence-electron chi connectivity index (χ2n) is 15.7. The zero-order valence-corrected chi connectivity index (χ0v) is 30.3. The maximum Gasteiger partial charge on any atom is 0.165 e. The quantitative estimate of drug-likeness (QED) is 0.168. The van der Waals surface area contributed by atoms with Gasteiger partial charge in [-0.2, -0.15) is 0 Å². The van der Waals surface area contributed by atoms with Crippen LogP contribution in [0.2, 0.25) is 0 Å². The van der Waals surface area contributed by atoms with Gasteiger partial charge in [0, 0.05) is 43.3 Å². The van der Waals surface area contributed by atoms with Gasteiger partial charge in [0.15, 0.2) is 5.82 Å². The van der Waals surface area contributed by atoms with Crippen LogP contribution in [0.1, 0.15) is 25.0 Å². The number of rotatable bonds is 2. The summed E-state index contributed by atoms with van der Waals surface area (Å²) in [4.78, 5) is 11.0. The number of nitrogens with zero attached hydrogens (tertiary/aromatic N) is 4. The van der Waals surface area contributed by atoms with Crippen LogP contribution in [0.5, 0.6) is 0 Å². The van der Waals surface area contributed by atoms with Gasteiger partial charge >= 0.3 is 0 Å². The number of fused-ring (bicyclic) bond motifs is 11. The summed E-state index contributed by atoms with van der Waals surface area (Å²) in [5.41, 5.74) is 15.0. The van der Waals surface area contributed by atoms with Crippen LogP contribution < -0.4 is 0 Å². The first-order valence-electron chi connectivity index (χ1n) is 19.1. The minimum Gasteiger partial charge on any atom is -0.308 e. The molecular weight excluding hydrogens is 669 g/mol. The molecule has 0 saturated heterocycles. The van der Waals surface area contributed by atoms with E-state index in [9.17, 15) is 0 Å². The Labute approximate surface area is 315 Å². The topological polar surface area (TPSA) is 35.1 Å². The van der Waals surface area contributed by atoms with Crippen molar-refractivity contribution in [1.29, 1.82) is 0 Å². The Kier molecular flexibility index (Phi) is 5.42. The lowest BCUT2D eigenvalue weighted by Gasteiger charge is -2.21. The Bertz CT molecular complexity index is 3620. The van der Waals surface area contributed by atoms with Gasteiger partial charge in [-0.1, -0.05) is 135 Å². The van der Waals surface area contributed by atoms with E-state index in [0.29, 0.717) is 0 Å². The average Bonchev–Trinajstić information content (AvgIpc) is 3.79. The summed E-state index contributed by atoms with van der Waals surface area (Å²) >= 11 is 0. The molecule has 4 nitrogen and oxygen atoms in total. The van der Waals surface area contributed by atoms with E-state index in [1.807, 2.05) is 0 Å². The van der Waals surface area contributed by atoms with Crippen LogP contribution in [0.25, 0.3) is 110 Å². The fourth-order valence-corrected chi connectivity index (χ4v) is 10.2. The molecule has 0 amide bonds. The highest BCUT2D eigenvalue weighted by Gasteiger charge is 2.36. The van der Waals surface area contributed by atoms with Gasteiger partial charge in [0.25, 0.3) is 0 Å². The molecule has 1 aliphatic rings. The molecule has 0 radical (unpaired) electrons. The molecule has 0 aliphatic heterocycles. The number of para-hydroxylation sites is 1. The maximum atomic E-state index is 5.54. The minimum absolute atomic E-state index is 0.107. The Morgan fingerprint density at radius 2 is 1.16 bits per heavy atom. The van der Waals surface area contributed by atoms with Crippen molar-refractivity contribution in [3.05, 3.63) is 169 Å². The van der Waals surface area contributed by atoms with E-state index in [1.54, 1.807) is 0 Å². The van der Waals surface area contributed by atoms with Crippen LogP contribution in [-0.4, -0.2) is 18.9 Å². The normalized spacial score (nSPS) is 13.8. The molecule has 1 aliphatic carbocycles. The lowest BCUT2D eigenvalue weighted by Crippen LogP contribution is -2.14. The first-order valence-corrected chi connectivity index (χ1v) is 19.1. The standard InChI is InChI=1S/C51H32N4/c1-51(2)38-21-9-8-17-32(38)36-27-37-35-20-10-19-34-33-18-11-22-41-45(33)46-42(54(49(34)35)44(37)28-39(36)51)23-12-24-43(46)55(41)50-47(30-14-4-3-5-15-30)53-48-31-16-7-6-13-29(31)25-26-40(48)52-50/h3-28H,1-2H3. The molecule has 4 aromatic heterocycles. The Balaban J connectivity index is 1.22. The van der Waals surface area contributed by atoms with Gasteiger partial charge in [0.05, 0.1) is 38.6 Å². The SMILES string of the molecule is CC1(C)c2ccccc2-c2cc3c4cccc5c6cccc7c6c6c(cccc6n(c3cc21)c54)n7-c1nc2ccc3ccccc3c2nc1-c1ccccc1. The lowest BCUT2D eigenvalue weighted by atomic mass is 9.82. The molecule has 0 unspecified atom stereocenters. The van der Waals surface area contributed by atoms with E-state index in [4.69, 9.17) is 9.97 Å². The van der Waals surface area contributed by atoms with Crippen LogP contribution in [0.15, 0.2) is 158 Å². The Hall–Kier alpha value is -7.04. The lowest BCUT2D eigenvalue weighted by molar-refractivity contribution is 0.661. The summed E-state index contributed by atoms with van der Waals surface area (Å²) in [5.74, 6) is 0.831. The molecule has 0 saturated carbocycles. The van der Waals surface area contributed by atoms with Crippen LogP contribution in [0.3, 0.4) is 0 Å². The fraction of sp³-hybridized carbons (Fsp3) is 0.0588. The molecule has 0 N–H and O–H groups in total. The van der Waals surface area contributed by atoms with Gasteiger partial charge in [0.2, 0.25) is 0 Å². The van der Waals surface area contributed by atoms with Crippen molar-refractivity contribution in [3.8, 4) is 28.2 Å². The number of aromatic nitrogens is 4. The smallest absolute Gasteiger partial charge is 0.165 e. The van der Waals surface area contributed by atoms with Crippen molar-refractivity contribution in [1.82, 2.24) is 18.9 Å². The summed E-state index contributed by atoms with van der Waals surface area (Å²) in [5, 5.41) is 9.78. The van der Waals surface area contributed by atoms with Crippen molar-refractivity contribution in [2.45, 2.75) is 19.3 Å². The van der Waals surface area contributed by atoms with E-state index >= 15 is 0 Å². The van der Waals surface area contributed by atoms with Crippen molar-refractivity contribution in [2.75, 3.05) is 0 Å². The maximum absolute atomic E-state index is 5.54. The number of benzene rings is 8. The van der Waals surface area contributed by atoms with Crippen LogP contribution >= 0.6 is 0 Å². The first-order chi connectivity index (χ1) is 27.1. The number of hydrogen-bond acceptors (Lipinski definition) is 2. The highest BCUT2D eigenvalue weighted by atomic mass is 15.1. The summed E-state index contributed by atoms with van der Waals surface area (Å²) in [7, 11) is 0. The molecule has 0 fully saturated rings. The van der Waals surface area contributed by atoms with E-state index in [0.717, 1.165) is 49.9 Å². The summed E-state index contributed by atoms with van der Waals surface area (Å²) in [6.07, 6.45) is 0. The predicted octanol–water partition coefficient (Wildman–Crippen LogP) is 13.0. The zero-order chi connectivity index (χ0) is 36.2. The molecule has 4 heteroatoms. The second kappa shape index (κ2) is 10.1. The van der Waals surface area contributed by atoms with Crippen LogP contribution in [0.4, 0.5) is 0 Å². The van der Waals surface area contributed by atoms with E-state index in [-0.39, 0.29) is 5.41 Å². The summed E-state index contributed by atoms with van der Waals surface area (Å²) in [6, 6.07) is 57.6. The van der Waals surface area contributed by atoms with E-state index in [1.165, 1.54) is 71.1 Å². The zero-order valence-electron chi connectivity index (χ0n) is 30.3. The van der Waals surface area contributed by atoms with E-state index in [2.05, 4.69) is 181 Å². The Morgan fingerprint density at radius 3 is 2.05 bits per heavy atom. The summed E-state index contributed by atoms with van der Waals surface area (Å²) in [6.45, 7) is 4.75. The monoisotopic (exact) mass is 700 g/mol. The molecule has 55 heavy (non-hydrogen) atoms.